The third-order valence-corrected chi connectivity index (χ3v) is 6.61. The van der Waals surface area contributed by atoms with Gasteiger partial charge in [-0.3, -0.25) is 9.78 Å². The van der Waals surface area contributed by atoms with Gasteiger partial charge in [0.05, 0.1) is 25.2 Å². The Morgan fingerprint density at radius 2 is 1.93 bits per heavy atom. The van der Waals surface area contributed by atoms with Crippen molar-refractivity contribution in [2.75, 3.05) is 33.4 Å². The first-order valence-corrected chi connectivity index (χ1v) is 10.8. The van der Waals surface area contributed by atoms with Crippen molar-refractivity contribution in [1.29, 1.82) is 0 Å². The van der Waals surface area contributed by atoms with E-state index in [1.807, 2.05) is 12.1 Å². The highest BCUT2D eigenvalue weighted by Crippen LogP contribution is 2.26. The second-order valence-corrected chi connectivity index (χ2v) is 8.56. The fraction of sp³-hybridized carbons (Fsp3) is 0.400. The zero-order chi connectivity index (χ0) is 20.7. The third kappa shape index (κ3) is 5.53. The van der Waals surface area contributed by atoms with Crippen LogP contribution < -0.4 is 10.1 Å². The van der Waals surface area contributed by atoms with E-state index >= 15 is 0 Å². The number of aryl methyl sites for hydroxylation is 1. The van der Waals surface area contributed by atoms with E-state index in [2.05, 4.69) is 10.3 Å². The summed E-state index contributed by atoms with van der Waals surface area (Å²) in [5.41, 5.74) is 1.64. The minimum absolute atomic E-state index is 0.120. The zero-order valence-corrected chi connectivity index (χ0v) is 17.2. The lowest BCUT2D eigenvalue weighted by molar-refractivity contribution is -0.121. The predicted molar refractivity (Wildman–Crippen MR) is 107 cm³/mol. The van der Waals surface area contributed by atoms with E-state index in [1.54, 1.807) is 24.5 Å². The first-order chi connectivity index (χ1) is 14.0. The van der Waals surface area contributed by atoms with Crippen molar-refractivity contribution in [2.45, 2.75) is 24.3 Å². The molecule has 1 aromatic heterocycles. The molecule has 0 radical (unpaired) electrons. The third-order valence-electron chi connectivity index (χ3n) is 4.72. The van der Waals surface area contributed by atoms with Gasteiger partial charge < -0.3 is 14.8 Å². The number of pyridine rings is 1. The minimum Gasteiger partial charge on any atom is -0.496 e. The summed E-state index contributed by atoms with van der Waals surface area (Å²) in [4.78, 5) is 16.4. The SMILES string of the molecule is COc1ccc(S(=O)(=O)N2CCOCC2)cc1CCC(=O)NCc1ccncc1. The highest BCUT2D eigenvalue weighted by Gasteiger charge is 2.27. The molecule has 2 heterocycles. The molecule has 1 saturated heterocycles. The molecule has 0 unspecified atom stereocenters. The van der Waals surface area contributed by atoms with Crippen LogP contribution >= 0.6 is 0 Å². The molecule has 3 rings (SSSR count). The van der Waals surface area contributed by atoms with Crippen LogP contribution in [0.25, 0.3) is 0 Å². The Bertz CT molecular complexity index is 928. The number of hydrogen-bond donors (Lipinski definition) is 1. The molecule has 0 spiro atoms. The number of nitrogens with zero attached hydrogens (tertiary/aromatic N) is 2. The monoisotopic (exact) mass is 419 g/mol. The Morgan fingerprint density at radius 3 is 2.62 bits per heavy atom. The summed E-state index contributed by atoms with van der Waals surface area (Å²) >= 11 is 0. The number of carbonyl (C=O) groups is 1. The number of benzene rings is 1. The number of amides is 1. The quantitative estimate of drug-likeness (QED) is 0.694. The molecule has 1 aliphatic rings. The van der Waals surface area contributed by atoms with Crippen molar-refractivity contribution in [1.82, 2.24) is 14.6 Å². The average Bonchev–Trinajstić information content (AvgIpc) is 2.77. The molecule has 2 aromatic rings. The fourth-order valence-electron chi connectivity index (χ4n) is 3.08. The molecule has 9 heteroatoms. The lowest BCUT2D eigenvalue weighted by Crippen LogP contribution is -2.40. The number of aromatic nitrogens is 1. The number of methoxy groups -OCH3 is 1. The lowest BCUT2D eigenvalue weighted by Gasteiger charge is -2.26. The fourth-order valence-corrected chi connectivity index (χ4v) is 4.54. The molecular weight excluding hydrogens is 394 g/mol. The molecule has 0 saturated carbocycles. The summed E-state index contributed by atoms with van der Waals surface area (Å²) in [5.74, 6) is 0.443. The van der Waals surface area contributed by atoms with Crippen LogP contribution in [0.15, 0.2) is 47.6 Å². The maximum Gasteiger partial charge on any atom is 0.243 e. The average molecular weight is 420 g/mol. The van der Waals surface area contributed by atoms with Gasteiger partial charge in [-0.2, -0.15) is 4.31 Å². The Kier molecular flexibility index (Phi) is 7.18. The van der Waals surface area contributed by atoms with Gasteiger partial charge in [0.15, 0.2) is 0 Å². The van der Waals surface area contributed by atoms with Crippen LogP contribution in [0.5, 0.6) is 5.75 Å². The van der Waals surface area contributed by atoms with Crippen LogP contribution in [0.1, 0.15) is 17.5 Å². The molecule has 29 heavy (non-hydrogen) atoms. The second kappa shape index (κ2) is 9.82. The lowest BCUT2D eigenvalue weighted by atomic mass is 10.1. The van der Waals surface area contributed by atoms with Crippen LogP contribution in [0.3, 0.4) is 0 Å². The summed E-state index contributed by atoms with van der Waals surface area (Å²) in [6.07, 6.45) is 3.94. The van der Waals surface area contributed by atoms with Gasteiger partial charge in [-0.05, 0) is 47.9 Å². The molecule has 1 amide bonds. The summed E-state index contributed by atoms with van der Waals surface area (Å²) < 4.78 is 37.8. The molecule has 0 aliphatic carbocycles. The van der Waals surface area contributed by atoms with Crippen LogP contribution in [-0.4, -0.2) is 57.0 Å². The van der Waals surface area contributed by atoms with Crippen molar-refractivity contribution in [2.24, 2.45) is 0 Å². The van der Waals surface area contributed by atoms with Gasteiger partial charge in [0.2, 0.25) is 15.9 Å². The van der Waals surface area contributed by atoms with Crippen LogP contribution in [0.2, 0.25) is 0 Å². The Hall–Kier alpha value is -2.49. The van der Waals surface area contributed by atoms with Gasteiger partial charge in [0.1, 0.15) is 5.75 Å². The number of rotatable bonds is 8. The Labute approximate surface area is 170 Å². The zero-order valence-electron chi connectivity index (χ0n) is 16.3. The Morgan fingerprint density at radius 1 is 1.21 bits per heavy atom. The summed E-state index contributed by atoms with van der Waals surface area (Å²) in [6, 6.07) is 8.44. The van der Waals surface area contributed by atoms with Gasteiger partial charge >= 0.3 is 0 Å². The Balaban J connectivity index is 1.66. The van der Waals surface area contributed by atoms with Crippen LogP contribution in [-0.2, 0) is 32.5 Å². The molecular formula is C20H25N3O5S. The largest absolute Gasteiger partial charge is 0.496 e. The first-order valence-electron chi connectivity index (χ1n) is 9.41. The van der Waals surface area contributed by atoms with Crippen LogP contribution in [0.4, 0.5) is 0 Å². The van der Waals surface area contributed by atoms with Crippen molar-refractivity contribution in [3.8, 4) is 5.75 Å². The van der Waals surface area contributed by atoms with E-state index in [-0.39, 0.29) is 17.2 Å². The van der Waals surface area contributed by atoms with Crippen molar-refractivity contribution in [3.63, 3.8) is 0 Å². The molecule has 1 N–H and O–H groups in total. The predicted octanol–water partition coefficient (Wildman–Crippen LogP) is 1.36. The highest BCUT2D eigenvalue weighted by atomic mass is 32.2. The summed E-state index contributed by atoms with van der Waals surface area (Å²) in [6.45, 7) is 1.87. The topological polar surface area (TPSA) is 97.8 Å². The van der Waals surface area contributed by atoms with E-state index in [1.165, 1.54) is 17.5 Å². The summed E-state index contributed by atoms with van der Waals surface area (Å²) in [7, 11) is -2.08. The van der Waals surface area contributed by atoms with Crippen molar-refractivity contribution in [3.05, 3.63) is 53.9 Å². The number of carbonyl (C=O) groups excluding carboxylic acids is 1. The molecule has 0 bridgehead atoms. The van der Waals surface area contributed by atoms with Crippen molar-refractivity contribution >= 4 is 15.9 Å². The van der Waals surface area contributed by atoms with Gasteiger partial charge in [0.25, 0.3) is 0 Å². The van der Waals surface area contributed by atoms with E-state index in [4.69, 9.17) is 9.47 Å². The molecule has 0 atom stereocenters. The molecule has 1 aliphatic heterocycles. The van der Waals surface area contributed by atoms with Gasteiger partial charge in [0, 0.05) is 38.4 Å². The number of ether oxygens (including phenoxy) is 2. The van der Waals surface area contributed by atoms with Crippen LogP contribution in [0, 0.1) is 0 Å². The maximum atomic E-state index is 12.9. The van der Waals surface area contributed by atoms with Crippen molar-refractivity contribution < 1.29 is 22.7 Å². The molecule has 156 valence electrons. The first kappa shape index (κ1) is 21.2. The number of nitrogens with one attached hydrogen (secondary N) is 1. The summed E-state index contributed by atoms with van der Waals surface area (Å²) in [5, 5.41) is 2.86. The highest BCUT2D eigenvalue weighted by molar-refractivity contribution is 7.89. The van der Waals surface area contributed by atoms with Gasteiger partial charge in [-0.15, -0.1) is 0 Å². The van der Waals surface area contributed by atoms with Gasteiger partial charge in [-0.25, -0.2) is 8.42 Å². The van der Waals surface area contributed by atoms with E-state index < -0.39 is 10.0 Å². The molecule has 1 aromatic carbocycles. The van der Waals surface area contributed by atoms with E-state index in [0.717, 1.165) is 5.56 Å². The number of sulfonamides is 1. The van der Waals surface area contributed by atoms with E-state index in [0.29, 0.717) is 50.6 Å². The number of morpholine rings is 1. The van der Waals surface area contributed by atoms with E-state index in [9.17, 15) is 13.2 Å². The standard InChI is InChI=1S/C20H25N3O5S/c1-27-19-4-3-18(29(25,26)23-10-12-28-13-11-23)14-17(19)2-5-20(24)22-15-16-6-8-21-9-7-16/h3-4,6-9,14H,2,5,10-13,15H2,1H3,(H,22,24). The number of hydrogen-bond acceptors (Lipinski definition) is 6. The van der Waals surface area contributed by atoms with Gasteiger partial charge in [-0.1, -0.05) is 0 Å². The second-order valence-electron chi connectivity index (χ2n) is 6.62. The molecule has 1 fully saturated rings. The molecule has 8 nitrogen and oxygen atoms in total. The minimum atomic E-state index is -3.60. The normalized spacial score (nSPS) is 15.1. The maximum absolute atomic E-state index is 12.9. The smallest absolute Gasteiger partial charge is 0.243 e.